The van der Waals surface area contributed by atoms with E-state index in [0.29, 0.717) is 12.8 Å². The molecular formula is C17H27NO3. The van der Waals surface area contributed by atoms with Crippen molar-refractivity contribution < 1.29 is 15.0 Å². The van der Waals surface area contributed by atoms with Gasteiger partial charge in [-0.15, -0.1) is 0 Å². The molecule has 0 aromatic heterocycles. The Kier molecular flexibility index (Phi) is 6.21. The van der Waals surface area contributed by atoms with Crippen LogP contribution in [0.25, 0.3) is 0 Å². The maximum Gasteiger partial charge on any atom is 0.407 e. The molecule has 1 unspecified atom stereocenters. The van der Waals surface area contributed by atoms with Crippen molar-refractivity contribution in [2.75, 3.05) is 0 Å². The van der Waals surface area contributed by atoms with Crippen LogP contribution in [0.1, 0.15) is 46.1 Å². The molecule has 0 heterocycles. The zero-order valence-electron chi connectivity index (χ0n) is 13.4. The van der Waals surface area contributed by atoms with Gasteiger partial charge in [0, 0.05) is 11.6 Å². The highest BCUT2D eigenvalue weighted by atomic mass is 16.4. The molecule has 0 saturated heterocycles. The molecule has 4 nitrogen and oxygen atoms in total. The van der Waals surface area contributed by atoms with E-state index in [9.17, 15) is 15.0 Å². The highest BCUT2D eigenvalue weighted by molar-refractivity contribution is 5.66. The molecule has 0 radical (unpaired) electrons. The van der Waals surface area contributed by atoms with E-state index in [2.05, 4.69) is 0 Å². The second-order valence-corrected chi connectivity index (χ2v) is 6.44. The van der Waals surface area contributed by atoms with Crippen LogP contribution in [0, 0.1) is 0 Å². The third-order valence-electron chi connectivity index (χ3n) is 3.72. The van der Waals surface area contributed by atoms with Gasteiger partial charge < -0.3 is 15.1 Å². The fourth-order valence-electron chi connectivity index (χ4n) is 2.93. The Hall–Kier alpha value is -1.55. The molecule has 1 amide bonds. The van der Waals surface area contributed by atoms with E-state index in [-0.39, 0.29) is 6.04 Å². The standard InChI is InChI=1S/C17H27NO3/c1-13(2)18(16(20)21)17(3,4)12-15(19)11-10-14-8-6-5-7-9-14/h5-9,13,15,19H,10-12H2,1-4H3,(H,20,21). The molecule has 0 fully saturated rings. The van der Waals surface area contributed by atoms with Crippen LogP contribution in [0.2, 0.25) is 0 Å². The number of carboxylic acid groups (broad SMARTS) is 1. The van der Waals surface area contributed by atoms with E-state index in [1.165, 1.54) is 10.5 Å². The summed E-state index contributed by atoms with van der Waals surface area (Å²) in [5.74, 6) is 0. The fourth-order valence-corrected chi connectivity index (χ4v) is 2.93. The molecule has 0 aliphatic heterocycles. The van der Waals surface area contributed by atoms with Crippen molar-refractivity contribution in [3.63, 3.8) is 0 Å². The molecule has 0 saturated carbocycles. The average Bonchev–Trinajstić information content (AvgIpc) is 2.35. The van der Waals surface area contributed by atoms with Crippen molar-refractivity contribution in [3.8, 4) is 0 Å². The predicted octanol–water partition coefficient (Wildman–Crippen LogP) is 3.54. The van der Waals surface area contributed by atoms with E-state index >= 15 is 0 Å². The number of hydrogen-bond donors (Lipinski definition) is 2. The number of hydrogen-bond acceptors (Lipinski definition) is 2. The largest absolute Gasteiger partial charge is 0.465 e. The predicted molar refractivity (Wildman–Crippen MR) is 84.5 cm³/mol. The molecule has 0 aliphatic carbocycles. The fraction of sp³-hybridized carbons (Fsp3) is 0.588. The minimum absolute atomic E-state index is 0.112. The van der Waals surface area contributed by atoms with Gasteiger partial charge >= 0.3 is 6.09 Å². The number of aliphatic hydroxyl groups excluding tert-OH is 1. The van der Waals surface area contributed by atoms with Crippen molar-refractivity contribution in [1.82, 2.24) is 4.90 Å². The van der Waals surface area contributed by atoms with E-state index in [0.717, 1.165) is 6.42 Å². The minimum atomic E-state index is -0.940. The van der Waals surface area contributed by atoms with Gasteiger partial charge in [-0.3, -0.25) is 0 Å². The van der Waals surface area contributed by atoms with Gasteiger partial charge in [0.15, 0.2) is 0 Å². The van der Waals surface area contributed by atoms with Gasteiger partial charge in [-0.2, -0.15) is 0 Å². The van der Waals surface area contributed by atoms with Crippen LogP contribution >= 0.6 is 0 Å². The van der Waals surface area contributed by atoms with Crippen LogP contribution in [0.4, 0.5) is 4.79 Å². The Labute approximate surface area is 127 Å². The second-order valence-electron chi connectivity index (χ2n) is 6.44. The van der Waals surface area contributed by atoms with Crippen LogP contribution in [0.5, 0.6) is 0 Å². The first-order valence-corrected chi connectivity index (χ1v) is 7.48. The highest BCUT2D eigenvalue weighted by Crippen LogP contribution is 2.25. The van der Waals surface area contributed by atoms with Crippen LogP contribution in [-0.4, -0.2) is 38.9 Å². The summed E-state index contributed by atoms with van der Waals surface area (Å²) in [5, 5.41) is 19.6. The summed E-state index contributed by atoms with van der Waals surface area (Å²) in [4.78, 5) is 12.8. The van der Waals surface area contributed by atoms with Crippen molar-refractivity contribution in [2.45, 2.75) is 64.6 Å². The van der Waals surface area contributed by atoms with Crippen molar-refractivity contribution in [2.24, 2.45) is 0 Å². The Morgan fingerprint density at radius 2 is 1.81 bits per heavy atom. The first-order valence-electron chi connectivity index (χ1n) is 7.48. The number of nitrogens with zero attached hydrogens (tertiary/aromatic N) is 1. The maximum absolute atomic E-state index is 11.4. The van der Waals surface area contributed by atoms with Crippen LogP contribution in [-0.2, 0) is 6.42 Å². The number of aryl methyl sites for hydroxylation is 1. The lowest BCUT2D eigenvalue weighted by Gasteiger charge is -2.40. The summed E-state index contributed by atoms with van der Waals surface area (Å²) in [5.41, 5.74) is 0.601. The number of amides is 1. The van der Waals surface area contributed by atoms with E-state index in [1.807, 2.05) is 58.0 Å². The number of aliphatic hydroxyl groups is 1. The quantitative estimate of drug-likeness (QED) is 0.808. The lowest BCUT2D eigenvalue weighted by Crippen LogP contribution is -2.52. The smallest absolute Gasteiger partial charge is 0.407 e. The first kappa shape index (κ1) is 17.5. The first-order chi connectivity index (χ1) is 9.74. The topological polar surface area (TPSA) is 60.8 Å². The molecule has 21 heavy (non-hydrogen) atoms. The number of benzene rings is 1. The van der Waals surface area contributed by atoms with Crippen LogP contribution < -0.4 is 0 Å². The Bertz CT molecular complexity index is 443. The Morgan fingerprint density at radius 3 is 2.29 bits per heavy atom. The molecule has 1 atom stereocenters. The van der Waals surface area contributed by atoms with Gasteiger partial charge in [0.2, 0.25) is 0 Å². The number of carbonyl (C=O) groups is 1. The van der Waals surface area contributed by atoms with Gasteiger partial charge in [-0.25, -0.2) is 4.79 Å². The summed E-state index contributed by atoms with van der Waals surface area (Å²) in [6.07, 6.45) is 0.418. The van der Waals surface area contributed by atoms with E-state index in [1.54, 1.807) is 0 Å². The van der Waals surface area contributed by atoms with E-state index < -0.39 is 17.7 Å². The molecule has 0 aliphatic rings. The molecule has 118 valence electrons. The third kappa shape index (κ3) is 5.38. The molecule has 2 N–H and O–H groups in total. The Balaban J connectivity index is 2.59. The molecule has 1 rings (SSSR count). The van der Waals surface area contributed by atoms with Gasteiger partial charge in [-0.1, -0.05) is 30.3 Å². The summed E-state index contributed by atoms with van der Waals surface area (Å²) in [6.45, 7) is 7.44. The average molecular weight is 293 g/mol. The summed E-state index contributed by atoms with van der Waals surface area (Å²) in [7, 11) is 0. The SMILES string of the molecule is CC(C)N(C(=O)O)C(C)(C)CC(O)CCc1ccccc1. The lowest BCUT2D eigenvalue weighted by atomic mass is 9.91. The monoisotopic (exact) mass is 293 g/mol. The van der Waals surface area contributed by atoms with Gasteiger partial charge in [0.1, 0.15) is 0 Å². The van der Waals surface area contributed by atoms with Crippen molar-refractivity contribution >= 4 is 6.09 Å². The van der Waals surface area contributed by atoms with Gasteiger partial charge in [0.05, 0.1) is 6.10 Å². The van der Waals surface area contributed by atoms with Crippen LogP contribution in [0.15, 0.2) is 30.3 Å². The molecule has 1 aromatic carbocycles. The maximum atomic E-state index is 11.4. The van der Waals surface area contributed by atoms with E-state index in [4.69, 9.17) is 0 Å². The molecular weight excluding hydrogens is 266 g/mol. The van der Waals surface area contributed by atoms with Crippen LogP contribution in [0.3, 0.4) is 0 Å². The van der Waals surface area contributed by atoms with Gasteiger partial charge in [0.25, 0.3) is 0 Å². The number of rotatable bonds is 7. The van der Waals surface area contributed by atoms with Crippen molar-refractivity contribution in [1.29, 1.82) is 0 Å². The molecule has 4 heteroatoms. The third-order valence-corrected chi connectivity index (χ3v) is 3.72. The normalized spacial score (nSPS) is 13.2. The van der Waals surface area contributed by atoms with Gasteiger partial charge in [-0.05, 0) is 52.5 Å². The summed E-state index contributed by atoms with van der Waals surface area (Å²) in [6, 6.07) is 9.90. The molecule has 0 spiro atoms. The van der Waals surface area contributed by atoms with Crippen molar-refractivity contribution in [3.05, 3.63) is 35.9 Å². The minimum Gasteiger partial charge on any atom is -0.465 e. The lowest BCUT2D eigenvalue weighted by molar-refractivity contribution is 0.0334. The zero-order valence-corrected chi connectivity index (χ0v) is 13.4. The molecule has 0 bridgehead atoms. The molecule has 1 aromatic rings. The summed E-state index contributed by atoms with van der Waals surface area (Å²) >= 11 is 0. The second kappa shape index (κ2) is 7.46. The zero-order chi connectivity index (χ0) is 16.0. The Morgan fingerprint density at radius 1 is 1.24 bits per heavy atom. The summed E-state index contributed by atoms with van der Waals surface area (Å²) < 4.78 is 0. The highest BCUT2D eigenvalue weighted by Gasteiger charge is 2.34.